The number of hydrogen-bond acceptors (Lipinski definition) is 1. The zero-order chi connectivity index (χ0) is 17.3. The number of nitrogens with one attached hydrogen (secondary N) is 1. The molecule has 5 heteroatoms. The van der Waals surface area contributed by atoms with Crippen LogP contribution in [0, 0.1) is 13.8 Å². The minimum atomic E-state index is -0.252. The van der Waals surface area contributed by atoms with E-state index in [1.807, 2.05) is 26.0 Å². The van der Waals surface area contributed by atoms with Crippen molar-refractivity contribution in [2.75, 3.05) is 5.32 Å². The molecule has 1 aromatic heterocycles. The van der Waals surface area contributed by atoms with E-state index in [0.717, 1.165) is 17.1 Å². The maximum atomic E-state index is 12.4. The molecule has 1 amide bonds. The average Bonchev–Trinajstić information content (AvgIpc) is 2.90. The quantitative estimate of drug-likeness (QED) is 0.644. The maximum Gasteiger partial charge on any atom is 0.255 e. The Kier molecular flexibility index (Phi) is 4.65. The molecule has 0 aliphatic heterocycles. The number of aryl methyl sites for hydroxylation is 2. The second kappa shape index (κ2) is 6.71. The summed E-state index contributed by atoms with van der Waals surface area (Å²) in [5, 5.41) is 3.58. The van der Waals surface area contributed by atoms with Crippen molar-refractivity contribution in [3.63, 3.8) is 0 Å². The van der Waals surface area contributed by atoms with E-state index in [1.54, 1.807) is 30.3 Å². The molecule has 0 unspecified atom stereocenters. The molecule has 1 heterocycles. The van der Waals surface area contributed by atoms with Gasteiger partial charge in [-0.1, -0.05) is 29.3 Å². The van der Waals surface area contributed by atoms with Crippen molar-refractivity contribution in [2.24, 2.45) is 0 Å². The number of halogens is 2. The summed E-state index contributed by atoms with van der Waals surface area (Å²) in [7, 11) is 0. The summed E-state index contributed by atoms with van der Waals surface area (Å²) in [5.41, 5.74) is 4.27. The van der Waals surface area contributed by atoms with Gasteiger partial charge in [0.2, 0.25) is 0 Å². The van der Waals surface area contributed by atoms with Crippen molar-refractivity contribution in [1.82, 2.24) is 4.57 Å². The summed E-state index contributed by atoms with van der Waals surface area (Å²) in [5.74, 6) is -0.252. The van der Waals surface area contributed by atoms with Crippen molar-refractivity contribution in [3.8, 4) is 5.69 Å². The van der Waals surface area contributed by atoms with E-state index in [2.05, 4.69) is 22.0 Å². The lowest BCUT2D eigenvalue weighted by Gasteiger charge is -2.11. The van der Waals surface area contributed by atoms with Crippen LogP contribution < -0.4 is 5.32 Å². The molecule has 0 aliphatic rings. The number of amides is 1. The predicted molar refractivity (Wildman–Crippen MR) is 99.7 cm³/mol. The van der Waals surface area contributed by atoms with Crippen LogP contribution in [0.15, 0.2) is 54.6 Å². The molecular formula is C19H16Cl2N2O. The number of carbonyl (C=O) groups is 1. The zero-order valence-electron chi connectivity index (χ0n) is 13.3. The number of benzene rings is 2. The molecule has 0 atom stereocenters. The number of aromatic nitrogens is 1. The van der Waals surface area contributed by atoms with Gasteiger partial charge in [-0.3, -0.25) is 4.79 Å². The Morgan fingerprint density at radius 3 is 1.96 bits per heavy atom. The summed E-state index contributed by atoms with van der Waals surface area (Å²) in [4.78, 5) is 12.4. The van der Waals surface area contributed by atoms with Crippen LogP contribution in [0.2, 0.25) is 10.0 Å². The number of anilines is 1. The highest BCUT2D eigenvalue weighted by molar-refractivity contribution is 6.40. The highest BCUT2D eigenvalue weighted by Gasteiger charge is 2.12. The first kappa shape index (κ1) is 16.6. The van der Waals surface area contributed by atoms with E-state index < -0.39 is 0 Å². The van der Waals surface area contributed by atoms with Gasteiger partial charge >= 0.3 is 0 Å². The van der Waals surface area contributed by atoms with Crippen molar-refractivity contribution in [3.05, 3.63) is 81.6 Å². The van der Waals surface area contributed by atoms with Gasteiger partial charge in [0.25, 0.3) is 5.91 Å². The summed E-state index contributed by atoms with van der Waals surface area (Å²) >= 11 is 12.2. The third kappa shape index (κ3) is 3.18. The largest absolute Gasteiger partial charge is 0.319 e. The van der Waals surface area contributed by atoms with E-state index in [-0.39, 0.29) is 5.91 Å². The normalized spacial score (nSPS) is 10.7. The average molecular weight is 359 g/mol. The molecule has 0 spiro atoms. The van der Waals surface area contributed by atoms with Crippen LogP contribution >= 0.6 is 23.2 Å². The third-order valence-electron chi connectivity index (χ3n) is 3.86. The molecule has 122 valence electrons. The highest BCUT2D eigenvalue weighted by atomic mass is 35.5. The molecule has 0 fully saturated rings. The molecule has 0 aliphatic carbocycles. The van der Waals surface area contributed by atoms with Crippen molar-refractivity contribution >= 4 is 34.8 Å². The monoisotopic (exact) mass is 358 g/mol. The second-order valence-electron chi connectivity index (χ2n) is 5.55. The lowest BCUT2D eigenvalue weighted by molar-refractivity contribution is 0.102. The fourth-order valence-corrected chi connectivity index (χ4v) is 3.13. The molecule has 2 aromatic carbocycles. The van der Waals surface area contributed by atoms with Gasteiger partial charge in [0.05, 0.1) is 15.7 Å². The predicted octanol–water partition coefficient (Wildman–Crippen LogP) is 5.65. The summed E-state index contributed by atoms with van der Waals surface area (Å²) < 4.78 is 2.13. The number of rotatable bonds is 3. The molecule has 0 radical (unpaired) electrons. The zero-order valence-corrected chi connectivity index (χ0v) is 14.8. The van der Waals surface area contributed by atoms with Crippen LogP contribution in [0.5, 0.6) is 0 Å². The van der Waals surface area contributed by atoms with Gasteiger partial charge in [-0.2, -0.15) is 0 Å². The van der Waals surface area contributed by atoms with Crippen LogP contribution in [0.4, 0.5) is 5.69 Å². The topological polar surface area (TPSA) is 34.0 Å². The van der Waals surface area contributed by atoms with Gasteiger partial charge in [-0.05, 0) is 62.4 Å². The van der Waals surface area contributed by atoms with Crippen molar-refractivity contribution in [1.29, 1.82) is 0 Å². The number of nitrogens with zero attached hydrogens (tertiary/aromatic N) is 1. The molecular weight excluding hydrogens is 343 g/mol. The van der Waals surface area contributed by atoms with Gasteiger partial charge in [0.15, 0.2) is 0 Å². The Labute approximate surface area is 150 Å². The third-order valence-corrected chi connectivity index (χ3v) is 4.49. The smallest absolute Gasteiger partial charge is 0.255 e. The molecule has 24 heavy (non-hydrogen) atoms. The second-order valence-corrected chi connectivity index (χ2v) is 6.36. The minimum Gasteiger partial charge on any atom is -0.319 e. The standard InChI is InChI=1S/C19H16Cl2N2O/c1-12-6-7-13(2)23(12)15-10-8-14(9-11-15)19(24)22-18-16(20)4-3-5-17(18)21/h3-11H,1-2H3,(H,22,24). The molecule has 3 rings (SSSR count). The number of hydrogen-bond donors (Lipinski definition) is 1. The number of para-hydroxylation sites is 1. The molecule has 3 nitrogen and oxygen atoms in total. The molecule has 0 saturated heterocycles. The van der Waals surface area contributed by atoms with E-state index in [4.69, 9.17) is 23.2 Å². The Balaban J connectivity index is 1.85. The van der Waals surface area contributed by atoms with E-state index >= 15 is 0 Å². The minimum absolute atomic E-state index is 0.252. The van der Waals surface area contributed by atoms with Gasteiger partial charge < -0.3 is 9.88 Å². The Morgan fingerprint density at radius 2 is 1.42 bits per heavy atom. The fraction of sp³-hybridized carbons (Fsp3) is 0.105. The Morgan fingerprint density at radius 1 is 0.875 bits per heavy atom. The first-order valence-electron chi connectivity index (χ1n) is 7.48. The lowest BCUT2D eigenvalue weighted by Crippen LogP contribution is -2.12. The first-order chi connectivity index (χ1) is 11.5. The van der Waals surface area contributed by atoms with Crippen LogP contribution in [-0.4, -0.2) is 10.5 Å². The SMILES string of the molecule is Cc1ccc(C)n1-c1ccc(C(=O)Nc2c(Cl)cccc2Cl)cc1. The number of carbonyl (C=O) groups excluding carboxylic acids is 1. The van der Waals surface area contributed by atoms with Gasteiger partial charge in [0, 0.05) is 22.6 Å². The van der Waals surface area contributed by atoms with Gasteiger partial charge in [0.1, 0.15) is 0 Å². The first-order valence-corrected chi connectivity index (χ1v) is 8.23. The summed E-state index contributed by atoms with van der Waals surface area (Å²) in [6, 6.07) is 16.6. The molecule has 1 N–H and O–H groups in total. The van der Waals surface area contributed by atoms with Gasteiger partial charge in [-0.25, -0.2) is 0 Å². The van der Waals surface area contributed by atoms with E-state index in [0.29, 0.717) is 21.3 Å². The molecule has 0 saturated carbocycles. The van der Waals surface area contributed by atoms with Crippen LogP contribution in [0.3, 0.4) is 0 Å². The van der Waals surface area contributed by atoms with E-state index in [1.165, 1.54) is 0 Å². The van der Waals surface area contributed by atoms with Crippen LogP contribution in [-0.2, 0) is 0 Å². The molecule has 0 bridgehead atoms. The van der Waals surface area contributed by atoms with Crippen LogP contribution in [0.1, 0.15) is 21.7 Å². The lowest BCUT2D eigenvalue weighted by atomic mass is 10.2. The van der Waals surface area contributed by atoms with Gasteiger partial charge in [-0.15, -0.1) is 0 Å². The molecule has 3 aromatic rings. The van der Waals surface area contributed by atoms with E-state index in [9.17, 15) is 4.79 Å². The van der Waals surface area contributed by atoms with Crippen molar-refractivity contribution < 1.29 is 4.79 Å². The van der Waals surface area contributed by atoms with Crippen molar-refractivity contribution in [2.45, 2.75) is 13.8 Å². The maximum absolute atomic E-state index is 12.4. The highest BCUT2D eigenvalue weighted by Crippen LogP contribution is 2.30. The fourth-order valence-electron chi connectivity index (χ4n) is 2.64. The Bertz CT molecular complexity index is 858. The summed E-state index contributed by atoms with van der Waals surface area (Å²) in [6.45, 7) is 4.10. The summed E-state index contributed by atoms with van der Waals surface area (Å²) in [6.07, 6.45) is 0. The van der Waals surface area contributed by atoms with Crippen LogP contribution in [0.25, 0.3) is 5.69 Å². The Hall–Kier alpha value is -2.23.